The maximum atomic E-state index is 9.68. The number of aromatic amines is 2. The zero-order valence-electron chi connectivity index (χ0n) is 14.3. The number of para-hydroxylation sites is 2. The summed E-state index contributed by atoms with van der Waals surface area (Å²) in [6, 6.07) is 12.1. The van der Waals surface area contributed by atoms with Crippen molar-refractivity contribution in [2.45, 2.75) is 19.3 Å². The maximum Gasteiger partial charge on any atom is 0.123 e. The first kappa shape index (κ1) is 15.7. The molecule has 1 unspecified atom stereocenters. The summed E-state index contributed by atoms with van der Waals surface area (Å²) in [6.07, 6.45) is 2.51. The molecule has 5 heteroatoms. The van der Waals surface area contributed by atoms with Crippen LogP contribution in [-0.2, 0) is 0 Å². The van der Waals surface area contributed by atoms with Gasteiger partial charge >= 0.3 is 0 Å². The highest BCUT2D eigenvalue weighted by atomic mass is 16.5. The zero-order valence-corrected chi connectivity index (χ0v) is 14.3. The Balaban J connectivity index is 1.96. The van der Waals surface area contributed by atoms with E-state index < -0.39 is 0 Å². The van der Waals surface area contributed by atoms with E-state index in [4.69, 9.17) is 9.72 Å². The van der Waals surface area contributed by atoms with E-state index in [0.29, 0.717) is 6.42 Å². The second-order valence-corrected chi connectivity index (χ2v) is 6.28. The molecule has 2 aromatic heterocycles. The van der Waals surface area contributed by atoms with Gasteiger partial charge in [-0.15, -0.1) is 0 Å². The Morgan fingerprint density at radius 3 is 2.84 bits per heavy atom. The fourth-order valence-electron chi connectivity index (χ4n) is 3.61. The van der Waals surface area contributed by atoms with Crippen molar-refractivity contribution in [1.29, 1.82) is 0 Å². The van der Waals surface area contributed by atoms with Crippen molar-refractivity contribution < 1.29 is 9.84 Å². The van der Waals surface area contributed by atoms with Gasteiger partial charge in [-0.2, -0.15) is 0 Å². The molecule has 4 rings (SSSR count). The van der Waals surface area contributed by atoms with Crippen LogP contribution in [0.25, 0.3) is 21.9 Å². The summed E-state index contributed by atoms with van der Waals surface area (Å²) in [5, 5.41) is 10.8. The Kier molecular flexibility index (Phi) is 3.93. The number of H-pyrrole nitrogens is 2. The summed E-state index contributed by atoms with van der Waals surface area (Å²) in [7, 11) is 1.69. The van der Waals surface area contributed by atoms with Gasteiger partial charge in [-0.1, -0.05) is 12.1 Å². The van der Waals surface area contributed by atoms with Gasteiger partial charge in [0.05, 0.1) is 18.1 Å². The zero-order chi connectivity index (χ0) is 17.4. The summed E-state index contributed by atoms with van der Waals surface area (Å²) >= 11 is 0. The van der Waals surface area contributed by atoms with Gasteiger partial charge in [0.1, 0.15) is 11.6 Å². The van der Waals surface area contributed by atoms with Crippen molar-refractivity contribution in [3.63, 3.8) is 0 Å². The molecule has 0 spiro atoms. The van der Waals surface area contributed by atoms with Crippen LogP contribution in [0.1, 0.15) is 29.3 Å². The summed E-state index contributed by atoms with van der Waals surface area (Å²) in [6.45, 7) is 2.14. The number of aliphatic hydroxyl groups excluding tert-OH is 1. The third kappa shape index (κ3) is 2.57. The Morgan fingerprint density at radius 1 is 1.24 bits per heavy atom. The number of imidazole rings is 1. The molecule has 5 nitrogen and oxygen atoms in total. The lowest BCUT2D eigenvalue weighted by Gasteiger charge is -2.19. The van der Waals surface area contributed by atoms with Gasteiger partial charge in [-0.25, -0.2) is 4.98 Å². The van der Waals surface area contributed by atoms with Gasteiger partial charge in [0.15, 0.2) is 0 Å². The number of benzene rings is 2. The summed E-state index contributed by atoms with van der Waals surface area (Å²) in [5.41, 5.74) is 5.20. The third-order valence-electron chi connectivity index (χ3n) is 4.77. The Hall–Kier alpha value is -2.79. The molecule has 0 saturated heterocycles. The van der Waals surface area contributed by atoms with Crippen LogP contribution >= 0.6 is 0 Å². The lowest BCUT2D eigenvalue weighted by Crippen LogP contribution is -2.08. The number of aromatic nitrogens is 3. The molecule has 0 amide bonds. The predicted molar refractivity (Wildman–Crippen MR) is 99.2 cm³/mol. The van der Waals surface area contributed by atoms with Crippen LogP contribution in [0.2, 0.25) is 0 Å². The molecular formula is C20H21N3O2. The molecule has 0 bridgehead atoms. The normalized spacial score (nSPS) is 12.8. The Labute approximate surface area is 145 Å². The van der Waals surface area contributed by atoms with Gasteiger partial charge in [0, 0.05) is 35.2 Å². The van der Waals surface area contributed by atoms with Crippen LogP contribution in [-0.4, -0.2) is 33.8 Å². The van der Waals surface area contributed by atoms with Crippen LogP contribution < -0.4 is 4.74 Å². The van der Waals surface area contributed by atoms with Crippen molar-refractivity contribution in [3.05, 3.63) is 59.5 Å². The smallest absolute Gasteiger partial charge is 0.123 e. The average molecular weight is 335 g/mol. The SMILES string of the molecule is COc1cc(C)c2[nH]ccc2c1C(CCO)c1nc2ccccc2[nH]1. The Morgan fingerprint density at radius 2 is 2.08 bits per heavy atom. The first-order chi connectivity index (χ1) is 12.2. The standard InChI is InChI=1S/C20H21N3O2/c1-12-11-17(25-2)18(13-7-9-21-19(12)13)14(8-10-24)20-22-15-5-3-4-6-16(15)23-20/h3-7,9,11,14,21,24H,8,10H2,1-2H3,(H,22,23). The van der Waals surface area contributed by atoms with Crippen molar-refractivity contribution in [2.24, 2.45) is 0 Å². The molecule has 0 aliphatic heterocycles. The molecule has 0 radical (unpaired) electrons. The minimum Gasteiger partial charge on any atom is -0.496 e. The van der Waals surface area contributed by atoms with Crippen LogP contribution in [0.4, 0.5) is 0 Å². The molecule has 4 aromatic rings. The Bertz CT molecular complexity index is 999. The van der Waals surface area contributed by atoms with Gasteiger partial charge in [0.25, 0.3) is 0 Å². The number of ether oxygens (including phenoxy) is 1. The minimum atomic E-state index is -0.0775. The van der Waals surface area contributed by atoms with Crippen LogP contribution in [0, 0.1) is 6.92 Å². The molecule has 0 aliphatic carbocycles. The summed E-state index contributed by atoms with van der Waals surface area (Å²) in [5.74, 6) is 1.59. The fraction of sp³-hybridized carbons (Fsp3) is 0.250. The first-order valence-electron chi connectivity index (χ1n) is 8.43. The van der Waals surface area contributed by atoms with E-state index in [1.807, 2.05) is 36.5 Å². The van der Waals surface area contributed by atoms with Gasteiger partial charge in [-0.05, 0) is 43.2 Å². The van der Waals surface area contributed by atoms with Crippen molar-refractivity contribution in [1.82, 2.24) is 15.0 Å². The fourth-order valence-corrected chi connectivity index (χ4v) is 3.61. The predicted octanol–water partition coefficient (Wildman–Crippen LogP) is 3.88. The lowest BCUT2D eigenvalue weighted by molar-refractivity contribution is 0.279. The number of nitrogens with one attached hydrogen (secondary N) is 2. The number of methoxy groups -OCH3 is 1. The number of fused-ring (bicyclic) bond motifs is 2. The molecule has 0 fully saturated rings. The number of aryl methyl sites for hydroxylation is 1. The lowest BCUT2D eigenvalue weighted by atomic mass is 9.90. The van der Waals surface area contributed by atoms with Crippen LogP contribution in [0.15, 0.2) is 42.6 Å². The van der Waals surface area contributed by atoms with E-state index in [2.05, 4.69) is 23.0 Å². The van der Waals surface area contributed by atoms with Crippen LogP contribution in [0.5, 0.6) is 5.75 Å². The van der Waals surface area contributed by atoms with E-state index in [9.17, 15) is 5.11 Å². The molecular weight excluding hydrogens is 314 g/mol. The highest BCUT2D eigenvalue weighted by Gasteiger charge is 2.25. The second kappa shape index (κ2) is 6.26. The molecule has 3 N–H and O–H groups in total. The van der Waals surface area contributed by atoms with Gasteiger partial charge in [-0.3, -0.25) is 0 Å². The third-order valence-corrected chi connectivity index (χ3v) is 4.77. The number of hydrogen-bond donors (Lipinski definition) is 3. The minimum absolute atomic E-state index is 0.0741. The van der Waals surface area contributed by atoms with E-state index in [1.54, 1.807) is 7.11 Å². The van der Waals surface area contributed by atoms with E-state index in [-0.39, 0.29) is 12.5 Å². The van der Waals surface area contributed by atoms with Crippen molar-refractivity contribution >= 4 is 21.9 Å². The number of nitrogens with zero attached hydrogens (tertiary/aromatic N) is 1. The molecule has 1 atom stereocenters. The molecule has 0 aliphatic rings. The quantitative estimate of drug-likeness (QED) is 0.518. The van der Waals surface area contributed by atoms with Crippen molar-refractivity contribution in [2.75, 3.05) is 13.7 Å². The van der Waals surface area contributed by atoms with E-state index in [1.165, 1.54) is 0 Å². The first-order valence-corrected chi connectivity index (χ1v) is 8.43. The molecule has 0 saturated carbocycles. The van der Waals surface area contributed by atoms with Gasteiger partial charge < -0.3 is 19.8 Å². The van der Waals surface area contributed by atoms with E-state index >= 15 is 0 Å². The maximum absolute atomic E-state index is 9.68. The van der Waals surface area contributed by atoms with Crippen molar-refractivity contribution in [3.8, 4) is 5.75 Å². The molecule has 128 valence electrons. The van der Waals surface area contributed by atoms with Crippen LogP contribution in [0.3, 0.4) is 0 Å². The largest absolute Gasteiger partial charge is 0.496 e. The highest BCUT2D eigenvalue weighted by molar-refractivity contribution is 5.89. The topological polar surface area (TPSA) is 73.9 Å². The number of rotatable bonds is 5. The monoisotopic (exact) mass is 335 g/mol. The van der Waals surface area contributed by atoms with E-state index in [0.717, 1.165) is 44.6 Å². The molecule has 25 heavy (non-hydrogen) atoms. The number of aliphatic hydroxyl groups is 1. The highest BCUT2D eigenvalue weighted by Crippen LogP contribution is 2.40. The number of hydrogen-bond acceptors (Lipinski definition) is 3. The van der Waals surface area contributed by atoms with Gasteiger partial charge in [0.2, 0.25) is 0 Å². The molecule has 2 aromatic carbocycles. The summed E-state index contributed by atoms with van der Waals surface area (Å²) in [4.78, 5) is 11.5. The second-order valence-electron chi connectivity index (χ2n) is 6.28. The average Bonchev–Trinajstić information content (AvgIpc) is 3.27. The molecule has 2 heterocycles. The summed E-state index contributed by atoms with van der Waals surface area (Å²) < 4.78 is 5.69.